The summed E-state index contributed by atoms with van der Waals surface area (Å²) in [6.07, 6.45) is 0.0607. The van der Waals surface area contributed by atoms with E-state index in [9.17, 15) is 9.90 Å². The summed E-state index contributed by atoms with van der Waals surface area (Å²) in [5.74, 6) is -0.383. The van der Waals surface area contributed by atoms with Crippen molar-refractivity contribution in [2.45, 2.75) is 32.9 Å². The maximum atomic E-state index is 13.1. The highest BCUT2D eigenvalue weighted by Gasteiger charge is 2.35. The molecule has 1 amide bonds. The fourth-order valence-electron chi connectivity index (χ4n) is 3.29. The largest absolute Gasteiger partial charge is 0.392 e. The number of piperidine rings is 1. The lowest BCUT2D eigenvalue weighted by Gasteiger charge is -2.36. The summed E-state index contributed by atoms with van der Waals surface area (Å²) in [5, 5.41) is 14.7. The van der Waals surface area contributed by atoms with E-state index >= 15 is 0 Å². The molecule has 0 bridgehead atoms. The highest BCUT2D eigenvalue weighted by molar-refractivity contribution is 5.80. The maximum absolute atomic E-state index is 13.1. The Bertz CT molecular complexity index is 572. The zero-order valence-electron chi connectivity index (χ0n) is 15.4. The van der Waals surface area contributed by atoms with Crippen molar-refractivity contribution in [1.29, 1.82) is 0 Å². The molecular formula is C17H30N4O3. The molecule has 1 aromatic heterocycles. The molecule has 136 valence electrons. The number of nitrogens with zero attached hydrogens (tertiary/aromatic N) is 4. The van der Waals surface area contributed by atoms with E-state index in [0.717, 1.165) is 23.5 Å². The van der Waals surface area contributed by atoms with Crippen LogP contribution in [-0.2, 0) is 23.1 Å². The molecule has 0 saturated carbocycles. The van der Waals surface area contributed by atoms with Crippen LogP contribution in [0.25, 0.3) is 0 Å². The van der Waals surface area contributed by atoms with Gasteiger partial charge in [0.2, 0.25) is 5.91 Å². The van der Waals surface area contributed by atoms with Crippen LogP contribution in [0.5, 0.6) is 0 Å². The van der Waals surface area contributed by atoms with E-state index < -0.39 is 6.10 Å². The second-order valence-electron chi connectivity index (χ2n) is 6.75. The third-order valence-corrected chi connectivity index (χ3v) is 4.98. The normalized spacial score (nSPS) is 21.9. The Hall–Kier alpha value is -1.44. The molecule has 1 fully saturated rings. The Morgan fingerprint density at radius 3 is 2.71 bits per heavy atom. The fraction of sp³-hybridized carbons (Fsp3) is 0.765. The zero-order valence-corrected chi connectivity index (χ0v) is 15.4. The number of ether oxygens (including phenoxy) is 1. The van der Waals surface area contributed by atoms with Crippen LogP contribution in [-0.4, -0.2) is 77.1 Å². The predicted molar refractivity (Wildman–Crippen MR) is 91.6 cm³/mol. The molecule has 2 atom stereocenters. The predicted octanol–water partition coefficient (Wildman–Crippen LogP) is 0.325. The molecule has 1 aliphatic rings. The molecule has 2 rings (SSSR count). The molecule has 7 heteroatoms. The average molecular weight is 338 g/mol. The highest BCUT2D eigenvalue weighted by atomic mass is 16.5. The first kappa shape index (κ1) is 18.9. The molecule has 0 spiro atoms. The number of amides is 1. The van der Waals surface area contributed by atoms with Crippen molar-refractivity contribution in [2.24, 2.45) is 13.0 Å². The van der Waals surface area contributed by atoms with E-state index in [2.05, 4.69) is 10.00 Å². The minimum absolute atomic E-state index is 0.00578. The van der Waals surface area contributed by atoms with Gasteiger partial charge in [0.1, 0.15) is 0 Å². The molecule has 1 aromatic rings. The van der Waals surface area contributed by atoms with Crippen molar-refractivity contribution >= 4 is 5.91 Å². The number of aryl methyl sites for hydroxylation is 2. The monoisotopic (exact) mass is 338 g/mol. The van der Waals surface area contributed by atoms with E-state index in [1.165, 1.54) is 0 Å². The summed E-state index contributed by atoms with van der Waals surface area (Å²) in [7, 11) is 5.53. The summed E-state index contributed by atoms with van der Waals surface area (Å²) in [6.45, 7) is 6.87. The van der Waals surface area contributed by atoms with Gasteiger partial charge in [-0.3, -0.25) is 9.48 Å². The Balaban J connectivity index is 2.19. The van der Waals surface area contributed by atoms with Gasteiger partial charge in [-0.05, 0) is 27.3 Å². The average Bonchev–Trinajstić information content (AvgIpc) is 2.78. The molecule has 0 unspecified atom stereocenters. The van der Waals surface area contributed by atoms with Crippen LogP contribution in [0.15, 0.2) is 0 Å². The molecule has 1 saturated heterocycles. The Labute approximate surface area is 144 Å². The van der Waals surface area contributed by atoms with Crippen LogP contribution < -0.4 is 0 Å². The van der Waals surface area contributed by atoms with Crippen molar-refractivity contribution in [3.63, 3.8) is 0 Å². The van der Waals surface area contributed by atoms with Crippen molar-refractivity contribution < 1.29 is 14.6 Å². The Morgan fingerprint density at radius 1 is 1.42 bits per heavy atom. The zero-order chi connectivity index (χ0) is 17.9. The minimum Gasteiger partial charge on any atom is -0.392 e. The first-order chi connectivity index (χ1) is 11.3. The van der Waals surface area contributed by atoms with Crippen LogP contribution in [0.1, 0.15) is 23.4 Å². The first-order valence-electron chi connectivity index (χ1n) is 8.48. The maximum Gasteiger partial charge on any atom is 0.229 e. The molecular weight excluding hydrogens is 308 g/mol. The van der Waals surface area contributed by atoms with Gasteiger partial charge in [0.15, 0.2) is 0 Å². The van der Waals surface area contributed by atoms with Crippen molar-refractivity contribution in [1.82, 2.24) is 19.6 Å². The number of carbonyl (C=O) groups excluding carboxylic acids is 1. The number of aromatic nitrogens is 2. The second-order valence-corrected chi connectivity index (χ2v) is 6.75. The number of carbonyl (C=O) groups is 1. The molecule has 0 aliphatic carbocycles. The number of rotatable bonds is 6. The standard InChI is InChI=1S/C17H30N4O3/c1-12-14(13(2)20(4)18-12)11-21(8-9-24-5)17(23)15-10-19(3)7-6-16(15)22/h15-16,22H,6-11H2,1-5H3/t15-,16+/m1/s1. The molecule has 0 radical (unpaired) electrons. The van der Waals surface area contributed by atoms with Gasteiger partial charge in [-0.25, -0.2) is 0 Å². The molecule has 24 heavy (non-hydrogen) atoms. The summed E-state index contributed by atoms with van der Waals surface area (Å²) in [5.41, 5.74) is 3.07. The lowest BCUT2D eigenvalue weighted by atomic mass is 9.93. The summed E-state index contributed by atoms with van der Waals surface area (Å²) in [6, 6.07) is 0. The van der Waals surface area contributed by atoms with Crippen LogP contribution in [0, 0.1) is 19.8 Å². The first-order valence-corrected chi connectivity index (χ1v) is 8.48. The number of methoxy groups -OCH3 is 1. The second kappa shape index (κ2) is 8.09. The molecule has 7 nitrogen and oxygen atoms in total. The quantitative estimate of drug-likeness (QED) is 0.809. The van der Waals surface area contributed by atoms with Crippen molar-refractivity contribution in [3.05, 3.63) is 17.0 Å². The number of hydrogen-bond acceptors (Lipinski definition) is 5. The molecule has 1 N–H and O–H groups in total. The molecule has 1 aliphatic heterocycles. The van der Waals surface area contributed by atoms with Gasteiger partial charge >= 0.3 is 0 Å². The minimum atomic E-state index is -0.574. The van der Waals surface area contributed by atoms with Crippen LogP contribution in [0.2, 0.25) is 0 Å². The fourth-order valence-corrected chi connectivity index (χ4v) is 3.29. The van der Waals surface area contributed by atoms with Crippen LogP contribution in [0.4, 0.5) is 0 Å². The molecule has 2 heterocycles. The SMILES string of the molecule is COCCN(Cc1c(C)nn(C)c1C)C(=O)[C@@H]1CN(C)CC[C@@H]1O. The smallest absolute Gasteiger partial charge is 0.229 e. The van der Waals surface area contributed by atoms with Gasteiger partial charge < -0.3 is 19.6 Å². The summed E-state index contributed by atoms with van der Waals surface area (Å²) in [4.78, 5) is 17.0. The van der Waals surface area contributed by atoms with Gasteiger partial charge in [0.05, 0.1) is 24.3 Å². The lowest BCUT2D eigenvalue weighted by Crippen LogP contribution is -2.50. The van der Waals surface area contributed by atoms with Crippen LogP contribution >= 0.6 is 0 Å². The van der Waals surface area contributed by atoms with Gasteiger partial charge in [-0.2, -0.15) is 5.10 Å². The topological polar surface area (TPSA) is 70.8 Å². The van der Waals surface area contributed by atoms with Gasteiger partial charge in [0.25, 0.3) is 0 Å². The van der Waals surface area contributed by atoms with Gasteiger partial charge in [-0.1, -0.05) is 0 Å². The number of hydrogen-bond donors (Lipinski definition) is 1. The van der Waals surface area contributed by atoms with E-state index in [1.54, 1.807) is 12.0 Å². The highest BCUT2D eigenvalue weighted by Crippen LogP contribution is 2.21. The van der Waals surface area contributed by atoms with Crippen molar-refractivity contribution in [2.75, 3.05) is 40.4 Å². The number of likely N-dealkylation sites (tertiary alicyclic amines) is 1. The van der Waals surface area contributed by atoms with E-state index in [1.807, 2.05) is 32.6 Å². The summed E-state index contributed by atoms with van der Waals surface area (Å²) >= 11 is 0. The molecule has 0 aromatic carbocycles. The number of aliphatic hydroxyl groups excluding tert-OH is 1. The van der Waals surface area contributed by atoms with E-state index in [4.69, 9.17) is 4.74 Å². The van der Waals surface area contributed by atoms with Gasteiger partial charge in [-0.15, -0.1) is 0 Å². The van der Waals surface area contributed by atoms with Gasteiger partial charge in [0, 0.05) is 51.6 Å². The van der Waals surface area contributed by atoms with Crippen LogP contribution in [0.3, 0.4) is 0 Å². The Morgan fingerprint density at radius 2 is 2.12 bits per heavy atom. The Kier molecular flexibility index (Phi) is 6.37. The lowest BCUT2D eigenvalue weighted by molar-refractivity contribution is -0.143. The third kappa shape index (κ3) is 4.15. The van der Waals surface area contributed by atoms with Crippen molar-refractivity contribution in [3.8, 4) is 0 Å². The van der Waals surface area contributed by atoms with E-state index in [0.29, 0.717) is 32.7 Å². The number of aliphatic hydroxyl groups is 1. The third-order valence-electron chi connectivity index (χ3n) is 4.98. The van der Waals surface area contributed by atoms with E-state index in [-0.39, 0.29) is 11.8 Å². The summed E-state index contributed by atoms with van der Waals surface area (Å²) < 4.78 is 7.01.